The van der Waals surface area contributed by atoms with Gasteiger partial charge in [0, 0.05) is 59.7 Å². The molecule has 1 aliphatic heterocycles. The number of hydrogen-bond acceptors (Lipinski definition) is 3. The molecule has 1 aliphatic rings. The van der Waals surface area contributed by atoms with Crippen LogP contribution in [0.25, 0.3) is 0 Å². The van der Waals surface area contributed by atoms with E-state index in [9.17, 15) is 13.2 Å². The second-order valence-electron chi connectivity index (χ2n) is 5.40. The predicted molar refractivity (Wildman–Crippen MR) is 80.1 cm³/mol. The van der Waals surface area contributed by atoms with Crippen LogP contribution in [-0.2, 0) is 17.3 Å². The molecule has 0 bridgehead atoms. The van der Waals surface area contributed by atoms with Gasteiger partial charge in [0.15, 0.2) is 0 Å². The SMILES string of the molecule is CN(C)S(=O)(=O)N1CCCN(C(=O)c2ccn(C)c2)CC1. The smallest absolute Gasteiger partial charge is 0.281 e. The van der Waals surface area contributed by atoms with Gasteiger partial charge in [0.2, 0.25) is 0 Å². The second kappa shape index (κ2) is 6.17. The van der Waals surface area contributed by atoms with Gasteiger partial charge in [-0.3, -0.25) is 4.79 Å². The summed E-state index contributed by atoms with van der Waals surface area (Å²) in [5.41, 5.74) is 0.640. The van der Waals surface area contributed by atoms with Crippen LogP contribution in [0.5, 0.6) is 0 Å². The van der Waals surface area contributed by atoms with Gasteiger partial charge in [-0.25, -0.2) is 0 Å². The van der Waals surface area contributed by atoms with Crippen LogP contribution < -0.4 is 0 Å². The summed E-state index contributed by atoms with van der Waals surface area (Å²) >= 11 is 0. The fraction of sp³-hybridized carbons (Fsp3) is 0.615. The van der Waals surface area contributed by atoms with Gasteiger partial charge in [-0.2, -0.15) is 17.0 Å². The van der Waals surface area contributed by atoms with Crippen molar-refractivity contribution in [2.45, 2.75) is 6.42 Å². The zero-order chi connectivity index (χ0) is 15.6. The van der Waals surface area contributed by atoms with E-state index in [1.807, 2.05) is 17.8 Å². The lowest BCUT2D eigenvalue weighted by Crippen LogP contribution is -2.42. The van der Waals surface area contributed by atoms with Crippen LogP contribution in [0.3, 0.4) is 0 Å². The van der Waals surface area contributed by atoms with E-state index < -0.39 is 10.2 Å². The monoisotopic (exact) mass is 314 g/mol. The summed E-state index contributed by atoms with van der Waals surface area (Å²) < 4.78 is 28.7. The maximum absolute atomic E-state index is 12.4. The molecule has 2 heterocycles. The molecule has 21 heavy (non-hydrogen) atoms. The average molecular weight is 314 g/mol. The molecule has 7 nitrogen and oxygen atoms in total. The lowest BCUT2D eigenvalue weighted by Gasteiger charge is -2.24. The summed E-state index contributed by atoms with van der Waals surface area (Å²) in [7, 11) is 1.50. The highest BCUT2D eigenvalue weighted by molar-refractivity contribution is 7.86. The van der Waals surface area contributed by atoms with Crippen molar-refractivity contribution in [3.63, 3.8) is 0 Å². The van der Waals surface area contributed by atoms with Crippen LogP contribution >= 0.6 is 0 Å². The second-order valence-corrected chi connectivity index (χ2v) is 7.54. The standard InChI is InChI=1S/C13H22N4O3S/c1-14(2)21(19,20)17-7-4-6-16(9-10-17)13(18)12-5-8-15(3)11-12/h5,8,11H,4,6-7,9-10H2,1-3H3. The van der Waals surface area contributed by atoms with Crippen molar-refractivity contribution in [1.29, 1.82) is 0 Å². The summed E-state index contributed by atoms with van der Waals surface area (Å²) in [4.78, 5) is 14.1. The van der Waals surface area contributed by atoms with E-state index in [1.54, 1.807) is 17.2 Å². The number of aromatic nitrogens is 1. The number of carbonyl (C=O) groups excluding carboxylic acids is 1. The van der Waals surface area contributed by atoms with Crippen molar-refractivity contribution >= 4 is 16.1 Å². The molecular weight excluding hydrogens is 292 g/mol. The van der Waals surface area contributed by atoms with Gasteiger partial charge in [-0.15, -0.1) is 0 Å². The highest BCUT2D eigenvalue weighted by Gasteiger charge is 2.28. The van der Waals surface area contributed by atoms with Crippen LogP contribution in [0.15, 0.2) is 18.5 Å². The minimum Gasteiger partial charge on any atom is -0.356 e. The van der Waals surface area contributed by atoms with Crippen LogP contribution in [0.2, 0.25) is 0 Å². The Bertz CT molecular complexity index is 609. The van der Waals surface area contributed by atoms with Gasteiger partial charge in [0.1, 0.15) is 0 Å². The number of rotatable bonds is 3. The zero-order valence-electron chi connectivity index (χ0n) is 12.7. The maximum atomic E-state index is 12.4. The molecule has 0 unspecified atom stereocenters. The van der Waals surface area contributed by atoms with Crippen LogP contribution in [0, 0.1) is 0 Å². The van der Waals surface area contributed by atoms with E-state index in [2.05, 4.69) is 0 Å². The lowest BCUT2D eigenvalue weighted by atomic mass is 10.3. The van der Waals surface area contributed by atoms with E-state index in [1.165, 1.54) is 22.7 Å². The van der Waals surface area contributed by atoms with E-state index in [0.29, 0.717) is 38.2 Å². The largest absolute Gasteiger partial charge is 0.356 e. The Morgan fingerprint density at radius 3 is 2.48 bits per heavy atom. The third-order valence-corrected chi connectivity index (χ3v) is 5.55. The highest BCUT2D eigenvalue weighted by atomic mass is 32.2. The fourth-order valence-electron chi connectivity index (χ4n) is 2.37. The molecular formula is C13H22N4O3S. The summed E-state index contributed by atoms with van der Waals surface area (Å²) in [6.45, 7) is 1.77. The average Bonchev–Trinajstić information content (AvgIpc) is 2.71. The molecule has 118 valence electrons. The quantitative estimate of drug-likeness (QED) is 0.787. The summed E-state index contributed by atoms with van der Waals surface area (Å²) in [6.07, 6.45) is 4.25. The molecule has 1 saturated heterocycles. The van der Waals surface area contributed by atoms with Crippen LogP contribution in [-0.4, -0.2) is 72.7 Å². The van der Waals surface area contributed by atoms with Gasteiger partial charge in [-0.05, 0) is 12.5 Å². The first-order chi connectivity index (χ1) is 9.82. The third-order valence-electron chi connectivity index (χ3n) is 3.61. The van der Waals surface area contributed by atoms with Crippen LogP contribution in [0.4, 0.5) is 0 Å². The molecule has 0 aliphatic carbocycles. The molecule has 1 aromatic rings. The first-order valence-corrected chi connectivity index (χ1v) is 8.31. The Morgan fingerprint density at radius 2 is 1.90 bits per heavy atom. The first-order valence-electron chi connectivity index (χ1n) is 6.91. The van der Waals surface area contributed by atoms with Crippen molar-refractivity contribution in [2.75, 3.05) is 40.3 Å². The minimum absolute atomic E-state index is 0.0419. The van der Waals surface area contributed by atoms with Crippen molar-refractivity contribution in [1.82, 2.24) is 18.1 Å². The van der Waals surface area contributed by atoms with Crippen molar-refractivity contribution < 1.29 is 13.2 Å². The van der Waals surface area contributed by atoms with E-state index in [4.69, 9.17) is 0 Å². The normalized spacial score (nSPS) is 18.0. The molecule has 1 aromatic heterocycles. The van der Waals surface area contributed by atoms with Gasteiger partial charge in [0.05, 0.1) is 5.56 Å². The summed E-state index contributed by atoms with van der Waals surface area (Å²) in [5, 5.41) is 0. The Kier molecular flexibility index (Phi) is 4.70. The minimum atomic E-state index is -3.41. The van der Waals surface area contributed by atoms with E-state index in [0.717, 1.165) is 0 Å². The van der Waals surface area contributed by atoms with Gasteiger partial charge < -0.3 is 9.47 Å². The molecule has 0 N–H and O–H groups in total. The molecule has 1 fully saturated rings. The third kappa shape index (κ3) is 3.45. The Hall–Kier alpha value is -1.38. The lowest BCUT2D eigenvalue weighted by molar-refractivity contribution is 0.0764. The number of carbonyl (C=O) groups is 1. The molecule has 8 heteroatoms. The van der Waals surface area contributed by atoms with Gasteiger partial charge >= 0.3 is 0 Å². The molecule has 1 amide bonds. The van der Waals surface area contributed by atoms with Gasteiger partial charge in [-0.1, -0.05) is 0 Å². The molecule has 0 atom stereocenters. The predicted octanol–water partition coefficient (Wildman–Crippen LogP) is -0.0206. The van der Waals surface area contributed by atoms with E-state index >= 15 is 0 Å². The highest BCUT2D eigenvalue weighted by Crippen LogP contribution is 2.13. The number of hydrogen-bond donors (Lipinski definition) is 0. The van der Waals surface area contributed by atoms with Crippen molar-refractivity contribution in [3.05, 3.63) is 24.0 Å². The molecule has 0 saturated carbocycles. The first kappa shape index (κ1) is 16.0. The Labute approximate surface area is 125 Å². The van der Waals surface area contributed by atoms with Gasteiger partial charge in [0.25, 0.3) is 16.1 Å². The summed E-state index contributed by atoms with van der Waals surface area (Å²) in [6, 6.07) is 1.78. The number of aryl methyl sites for hydroxylation is 1. The zero-order valence-corrected chi connectivity index (χ0v) is 13.5. The maximum Gasteiger partial charge on any atom is 0.281 e. The van der Waals surface area contributed by atoms with E-state index in [-0.39, 0.29) is 5.91 Å². The topological polar surface area (TPSA) is 65.9 Å². The van der Waals surface area contributed by atoms with Crippen molar-refractivity contribution in [3.8, 4) is 0 Å². The molecule has 0 aromatic carbocycles. The number of nitrogens with zero attached hydrogens (tertiary/aromatic N) is 4. The Morgan fingerprint density at radius 1 is 1.19 bits per heavy atom. The molecule has 0 radical (unpaired) electrons. The fourth-order valence-corrected chi connectivity index (χ4v) is 3.51. The van der Waals surface area contributed by atoms with Crippen LogP contribution in [0.1, 0.15) is 16.8 Å². The summed E-state index contributed by atoms with van der Waals surface area (Å²) in [5.74, 6) is -0.0419. The van der Waals surface area contributed by atoms with Crippen molar-refractivity contribution in [2.24, 2.45) is 7.05 Å². The number of amides is 1. The molecule has 0 spiro atoms. The molecule has 2 rings (SSSR count). The Balaban J connectivity index is 2.06.